The van der Waals surface area contributed by atoms with Gasteiger partial charge in [-0.05, 0) is 12.8 Å². The highest BCUT2D eigenvalue weighted by molar-refractivity contribution is 5.96. The number of rotatable bonds is 4. The molecule has 0 aliphatic heterocycles. The minimum Gasteiger partial charge on any atom is -0.493 e. The summed E-state index contributed by atoms with van der Waals surface area (Å²) in [5, 5.41) is 2.88. The standard InChI is InChI=1S/C14H20N2O3/c1-18-12-7-10(15)11(8-13(12)19-2)16-14(17)9-5-3-4-6-9/h7-9H,3-6,15H2,1-2H3,(H,16,17). The molecule has 1 aromatic carbocycles. The van der Waals surface area contributed by atoms with Gasteiger partial charge in [-0.2, -0.15) is 0 Å². The van der Waals surface area contributed by atoms with Crippen LogP contribution in [-0.2, 0) is 4.79 Å². The molecule has 19 heavy (non-hydrogen) atoms. The summed E-state index contributed by atoms with van der Waals surface area (Å²) in [6, 6.07) is 3.35. The van der Waals surface area contributed by atoms with Crippen molar-refractivity contribution in [1.82, 2.24) is 0 Å². The number of nitrogens with one attached hydrogen (secondary N) is 1. The Balaban J connectivity index is 2.17. The average Bonchev–Trinajstić information content (AvgIpc) is 2.94. The fraction of sp³-hybridized carbons (Fsp3) is 0.500. The molecule has 0 unspecified atom stereocenters. The van der Waals surface area contributed by atoms with E-state index in [0.29, 0.717) is 22.9 Å². The van der Waals surface area contributed by atoms with Crippen LogP contribution >= 0.6 is 0 Å². The number of carbonyl (C=O) groups excluding carboxylic acids is 1. The van der Waals surface area contributed by atoms with Gasteiger partial charge in [0.2, 0.25) is 5.91 Å². The summed E-state index contributed by atoms with van der Waals surface area (Å²) in [5.41, 5.74) is 6.97. The molecule has 0 heterocycles. The van der Waals surface area contributed by atoms with Gasteiger partial charge in [-0.3, -0.25) is 4.79 Å². The predicted octanol–water partition coefficient (Wildman–Crippen LogP) is 2.41. The minimum atomic E-state index is 0.0384. The molecule has 3 N–H and O–H groups in total. The largest absolute Gasteiger partial charge is 0.493 e. The molecule has 1 aliphatic rings. The Hall–Kier alpha value is -1.91. The molecule has 1 saturated carbocycles. The molecule has 0 bridgehead atoms. The number of carbonyl (C=O) groups is 1. The van der Waals surface area contributed by atoms with Gasteiger partial charge in [0.05, 0.1) is 25.6 Å². The summed E-state index contributed by atoms with van der Waals surface area (Å²) in [7, 11) is 3.10. The van der Waals surface area contributed by atoms with Crippen LogP contribution in [0.2, 0.25) is 0 Å². The molecule has 0 aromatic heterocycles. The van der Waals surface area contributed by atoms with Crippen molar-refractivity contribution in [3.63, 3.8) is 0 Å². The fourth-order valence-electron chi connectivity index (χ4n) is 2.43. The Morgan fingerprint density at radius 3 is 2.37 bits per heavy atom. The number of amides is 1. The van der Waals surface area contributed by atoms with Crippen LogP contribution in [0.4, 0.5) is 11.4 Å². The van der Waals surface area contributed by atoms with E-state index in [1.165, 1.54) is 0 Å². The molecule has 5 nitrogen and oxygen atoms in total. The second-order valence-electron chi connectivity index (χ2n) is 4.77. The molecule has 0 atom stereocenters. The van der Waals surface area contributed by atoms with Gasteiger partial charge in [0.1, 0.15) is 0 Å². The van der Waals surface area contributed by atoms with E-state index in [9.17, 15) is 4.79 Å². The van der Waals surface area contributed by atoms with Gasteiger partial charge in [-0.1, -0.05) is 12.8 Å². The number of hydrogen-bond donors (Lipinski definition) is 2. The van der Waals surface area contributed by atoms with E-state index in [4.69, 9.17) is 15.2 Å². The maximum absolute atomic E-state index is 12.1. The quantitative estimate of drug-likeness (QED) is 0.819. The van der Waals surface area contributed by atoms with Gasteiger partial charge in [0, 0.05) is 18.1 Å². The van der Waals surface area contributed by atoms with Crippen LogP contribution in [-0.4, -0.2) is 20.1 Å². The van der Waals surface area contributed by atoms with Crippen LogP contribution in [0.15, 0.2) is 12.1 Å². The molecule has 104 valence electrons. The summed E-state index contributed by atoms with van der Waals surface area (Å²) in [6.45, 7) is 0. The van der Waals surface area contributed by atoms with Crippen LogP contribution in [0.25, 0.3) is 0 Å². The highest BCUT2D eigenvalue weighted by Crippen LogP contribution is 2.35. The molecule has 1 aromatic rings. The normalized spacial score (nSPS) is 15.3. The van der Waals surface area contributed by atoms with Crippen molar-refractivity contribution in [2.75, 3.05) is 25.3 Å². The monoisotopic (exact) mass is 264 g/mol. The summed E-state index contributed by atoms with van der Waals surface area (Å²) in [4.78, 5) is 12.1. The van der Waals surface area contributed by atoms with Crippen molar-refractivity contribution in [2.24, 2.45) is 5.92 Å². The third kappa shape index (κ3) is 2.92. The molecule has 1 aliphatic carbocycles. The third-order valence-corrected chi connectivity index (χ3v) is 3.54. The van der Waals surface area contributed by atoms with Crippen LogP contribution < -0.4 is 20.5 Å². The summed E-state index contributed by atoms with van der Waals surface area (Å²) >= 11 is 0. The second-order valence-corrected chi connectivity index (χ2v) is 4.77. The number of anilines is 2. The van der Waals surface area contributed by atoms with Crippen molar-refractivity contribution in [3.05, 3.63) is 12.1 Å². The van der Waals surface area contributed by atoms with Crippen LogP contribution in [0.3, 0.4) is 0 Å². The average molecular weight is 264 g/mol. The minimum absolute atomic E-state index is 0.0384. The van der Waals surface area contributed by atoms with Crippen molar-refractivity contribution >= 4 is 17.3 Å². The zero-order chi connectivity index (χ0) is 13.8. The number of nitrogen functional groups attached to an aromatic ring is 1. The molecular formula is C14H20N2O3. The van der Waals surface area contributed by atoms with Crippen molar-refractivity contribution in [1.29, 1.82) is 0 Å². The van der Waals surface area contributed by atoms with Crippen molar-refractivity contribution in [2.45, 2.75) is 25.7 Å². The Morgan fingerprint density at radius 2 is 1.79 bits per heavy atom. The lowest BCUT2D eigenvalue weighted by Gasteiger charge is -2.15. The van der Waals surface area contributed by atoms with Crippen molar-refractivity contribution in [3.8, 4) is 11.5 Å². The van der Waals surface area contributed by atoms with Gasteiger partial charge in [-0.25, -0.2) is 0 Å². The molecule has 0 saturated heterocycles. The highest BCUT2D eigenvalue weighted by Gasteiger charge is 2.23. The Kier molecular flexibility index (Phi) is 4.14. The number of hydrogen-bond acceptors (Lipinski definition) is 4. The van der Waals surface area contributed by atoms with Gasteiger partial charge in [0.25, 0.3) is 0 Å². The summed E-state index contributed by atoms with van der Waals surface area (Å²) < 4.78 is 10.4. The zero-order valence-corrected chi connectivity index (χ0v) is 11.4. The van der Waals surface area contributed by atoms with E-state index in [2.05, 4.69) is 5.32 Å². The SMILES string of the molecule is COc1cc(N)c(NC(=O)C2CCCC2)cc1OC. The second kappa shape index (κ2) is 5.82. The number of benzene rings is 1. The Labute approximate surface area is 113 Å². The van der Waals surface area contributed by atoms with Gasteiger partial charge >= 0.3 is 0 Å². The fourth-order valence-corrected chi connectivity index (χ4v) is 2.43. The van der Waals surface area contributed by atoms with Crippen LogP contribution in [0.1, 0.15) is 25.7 Å². The first-order chi connectivity index (χ1) is 9.15. The molecule has 1 amide bonds. The highest BCUT2D eigenvalue weighted by atomic mass is 16.5. The topological polar surface area (TPSA) is 73.6 Å². The summed E-state index contributed by atoms with van der Waals surface area (Å²) in [5.74, 6) is 1.25. The lowest BCUT2D eigenvalue weighted by Crippen LogP contribution is -2.21. The van der Waals surface area contributed by atoms with E-state index in [-0.39, 0.29) is 11.8 Å². The molecule has 2 rings (SSSR count). The lowest BCUT2D eigenvalue weighted by atomic mass is 10.1. The first-order valence-corrected chi connectivity index (χ1v) is 6.48. The van der Waals surface area contributed by atoms with Crippen molar-refractivity contribution < 1.29 is 14.3 Å². The van der Waals surface area contributed by atoms with E-state index in [1.54, 1.807) is 26.4 Å². The number of ether oxygens (including phenoxy) is 2. The van der Waals surface area contributed by atoms with Gasteiger partial charge in [0.15, 0.2) is 11.5 Å². The molecule has 0 spiro atoms. The van der Waals surface area contributed by atoms with Crippen LogP contribution in [0.5, 0.6) is 11.5 Å². The molecule has 5 heteroatoms. The van der Waals surface area contributed by atoms with E-state index in [1.807, 2.05) is 0 Å². The maximum Gasteiger partial charge on any atom is 0.227 e. The molecule has 1 fully saturated rings. The number of methoxy groups -OCH3 is 2. The number of nitrogens with two attached hydrogens (primary N) is 1. The summed E-state index contributed by atoms with van der Waals surface area (Å²) in [6.07, 6.45) is 4.16. The Morgan fingerprint density at radius 1 is 1.21 bits per heavy atom. The zero-order valence-electron chi connectivity index (χ0n) is 11.4. The Bertz CT molecular complexity index is 468. The first-order valence-electron chi connectivity index (χ1n) is 6.48. The van der Waals surface area contributed by atoms with Crippen LogP contribution in [0, 0.1) is 5.92 Å². The smallest absolute Gasteiger partial charge is 0.227 e. The maximum atomic E-state index is 12.1. The van der Waals surface area contributed by atoms with E-state index >= 15 is 0 Å². The van der Waals surface area contributed by atoms with Gasteiger partial charge in [-0.15, -0.1) is 0 Å². The molecular weight excluding hydrogens is 244 g/mol. The first kappa shape index (κ1) is 13.5. The van der Waals surface area contributed by atoms with E-state index < -0.39 is 0 Å². The third-order valence-electron chi connectivity index (χ3n) is 3.54. The van der Waals surface area contributed by atoms with E-state index in [0.717, 1.165) is 25.7 Å². The van der Waals surface area contributed by atoms with Gasteiger partial charge < -0.3 is 20.5 Å². The lowest BCUT2D eigenvalue weighted by molar-refractivity contribution is -0.119. The predicted molar refractivity (Wildman–Crippen MR) is 74.5 cm³/mol. The molecule has 0 radical (unpaired) electrons.